The maximum Gasteiger partial charge on any atom is 0.348 e. The van der Waals surface area contributed by atoms with E-state index >= 15 is 0 Å². The van der Waals surface area contributed by atoms with Crippen LogP contribution in [0, 0.1) is 11.8 Å². The molecule has 0 saturated carbocycles. The first-order valence-electron chi connectivity index (χ1n) is 12.4. The molecule has 8 nitrogen and oxygen atoms in total. The lowest BCUT2D eigenvalue weighted by atomic mass is 9.97. The molecule has 0 saturated heterocycles. The van der Waals surface area contributed by atoms with Gasteiger partial charge < -0.3 is 5.11 Å². The third-order valence-electron chi connectivity index (χ3n) is 5.16. The molecular weight excluding hydrogens is 428 g/mol. The first-order chi connectivity index (χ1) is 15.2. The lowest BCUT2D eigenvalue weighted by Gasteiger charge is -2.26. The van der Waals surface area contributed by atoms with E-state index < -0.39 is 23.6 Å². The Labute approximate surface area is 201 Å². The highest BCUT2D eigenvalue weighted by Crippen LogP contribution is 2.21. The van der Waals surface area contributed by atoms with Crippen LogP contribution in [0.2, 0.25) is 0 Å². The van der Waals surface area contributed by atoms with Crippen molar-refractivity contribution in [1.82, 2.24) is 0 Å². The van der Waals surface area contributed by atoms with Gasteiger partial charge in [0.15, 0.2) is 0 Å². The Balaban J connectivity index is 0. The zero-order valence-corrected chi connectivity index (χ0v) is 22.7. The number of hydrogen-bond acceptors (Lipinski definition) is 7. The van der Waals surface area contributed by atoms with E-state index in [9.17, 15) is 9.59 Å². The molecule has 0 aliphatic heterocycles. The number of carbonyl (C=O) groups is 2. The minimum Gasteiger partial charge on any atom is -0.481 e. The van der Waals surface area contributed by atoms with E-state index in [4.69, 9.17) is 19.8 Å². The first-order valence-corrected chi connectivity index (χ1v) is 12.4. The van der Waals surface area contributed by atoms with Crippen LogP contribution in [-0.4, -0.2) is 34.4 Å². The Bertz CT molecular complexity index is 513. The molecule has 0 spiro atoms. The number of unbranched alkanes of at least 4 members (excludes halogenated alkanes) is 2. The third kappa shape index (κ3) is 18.8. The van der Waals surface area contributed by atoms with Gasteiger partial charge >= 0.3 is 11.9 Å². The molecule has 0 fully saturated rings. The molecule has 3 atom stereocenters. The fourth-order valence-corrected chi connectivity index (χ4v) is 2.47. The lowest BCUT2D eigenvalue weighted by molar-refractivity contribution is -0.515. The predicted octanol–water partition coefficient (Wildman–Crippen LogP) is 6.81. The second-order valence-electron chi connectivity index (χ2n) is 10.00. The van der Waals surface area contributed by atoms with E-state index in [1.54, 1.807) is 6.92 Å². The highest BCUT2D eigenvalue weighted by atomic mass is 17.5. The van der Waals surface area contributed by atoms with Crippen LogP contribution in [0.4, 0.5) is 0 Å². The van der Waals surface area contributed by atoms with Crippen LogP contribution in [0.15, 0.2) is 0 Å². The van der Waals surface area contributed by atoms with E-state index in [2.05, 4.69) is 16.8 Å². The summed E-state index contributed by atoms with van der Waals surface area (Å²) >= 11 is 0. The van der Waals surface area contributed by atoms with Crippen molar-refractivity contribution in [3.63, 3.8) is 0 Å². The van der Waals surface area contributed by atoms with E-state index in [0.29, 0.717) is 6.42 Å². The summed E-state index contributed by atoms with van der Waals surface area (Å²) in [6.07, 6.45) is 6.58. The van der Waals surface area contributed by atoms with Gasteiger partial charge in [-0.3, -0.25) is 9.68 Å². The fourth-order valence-electron chi connectivity index (χ4n) is 2.47. The van der Waals surface area contributed by atoms with Gasteiger partial charge in [-0.25, -0.2) is 14.6 Å². The molecule has 3 unspecified atom stereocenters. The Morgan fingerprint density at radius 2 is 1.42 bits per heavy atom. The maximum absolute atomic E-state index is 11.5. The molecule has 8 heteroatoms. The van der Waals surface area contributed by atoms with Gasteiger partial charge in [-0.1, -0.05) is 53.4 Å². The van der Waals surface area contributed by atoms with E-state index in [1.807, 2.05) is 55.4 Å². The smallest absolute Gasteiger partial charge is 0.348 e. The molecule has 33 heavy (non-hydrogen) atoms. The Morgan fingerprint density at radius 1 is 0.879 bits per heavy atom. The second-order valence-corrected chi connectivity index (χ2v) is 10.00. The van der Waals surface area contributed by atoms with Crippen LogP contribution in [0.1, 0.15) is 121 Å². The highest BCUT2D eigenvalue weighted by Gasteiger charge is 2.28. The van der Waals surface area contributed by atoms with Crippen molar-refractivity contribution in [2.24, 2.45) is 11.8 Å². The van der Waals surface area contributed by atoms with Gasteiger partial charge in [0.2, 0.25) is 0 Å². The van der Waals surface area contributed by atoms with E-state index in [1.165, 1.54) is 0 Å². The van der Waals surface area contributed by atoms with Crippen LogP contribution in [-0.2, 0) is 34.2 Å². The van der Waals surface area contributed by atoms with Gasteiger partial charge in [-0.05, 0) is 72.3 Å². The monoisotopic (exact) mass is 478 g/mol. The van der Waals surface area contributed by atoms with Gasteiger partial charge in [0.1, 0.15) is 6.10 Å². The predicted molar refractivity (Wildman–Crippen MR) is 128 cm³/mol. The summed E-state index contributed by atoms with van der Waals surface area (Å²) in [4.78, 5) is 42.6. The van der Waals surface area contributed by atoms with Gasteiger partial charge in [-0.15, -0.1) is 0 Å². The lowest BCUT2D eigenvalue weighted by Crippen LogP contribution is -2.32. The summed E-state index contributed by atoms with van der Waals surface area (Å²) < 4.78 is 0. The van der Waals surface area contributed by atoms with Crippen molar-refractivity contribution in [2.75, 3.05) is 0 Å². The van der Waals surface area contributed by atoms with Crippen molar-refractivity contribution in [2.45, 2.75) is 138 Å². The van der Waals surface area contributed by atoms with E-state index in [-0.39, 0.29) is 17.5 Å². The molecule has 0 rings (SSSR count). The van der Waals surface area contributed by atoms with Crippen molar-refractivity contribution >= 4 is 11.9 Å². The molecule has 0 aromatic heterocycles. The van der Waals surface area contributed by atoms with Gasteiger partial charge in [0.05, 0.1) is 23.0 Å². The summed E-state index contributed by atoms with van der Waals surface area (Å²) in [6, 6.07) is 0. The summed E-state index contributed by atoms with van der Waals surface area (Å²) in [6.45, 7) is 19.1. The number of carboxylic acids is 1. The number of aliphatic carboxylic acids is 1. The number of carboxylic acid groups (broad SMARTS) is 1. The van der Waals surface area contributed by atoms with Crippen LogP contribution < -0.4 is 0 Å². The van der Waals surface area contributed by atoms with Crippen molar-refractivity contribution < 1.29 is 39.3 Å². The van der Waals surface area contributed by atoms with Crippen molar-refractivity contribution in [3.8, 4) is 0 Å². The zero-order chi connectivity index (χ0) is 26.1. The third-order valence-corrected chi connectivity index (χ3v) is 5.16. The van der Waals surface area contributed by atoms with Gasteiger partial charge in [0, 0.05) is 0 Å². The average Bonchev–Trinajstić information content (AvgIpc) is 2.72. The summed E-state index contributed by atoms with van der Waals surface area (Å²) in [5.41, 5.74) is -0.854. The fraction of sp³-hybridized carbons (Fsp3) is 0.920. The van der Waals surface area contributed by atoms with Gasteiger partial charge in [0.25, 0.3) is 0 Å². The van der Waals surface area contributed by atoms with Gasteiger partial charge in [-0.2, -0.15) is 4.89 Å². The van der Waals surface area contributed by atoms with E-state index in [0.717, 1.165) is 44.9 Å². The van der Waals surface area contributed by atoms with Crippen LogP contribution >= 0.6 is 0 Å². The molecule has 0 aromatic carbocycles. The summed E-state index contributed by atoms with van der Waals surface area (Å²) in [5.74, 6) is -1.75. The molecule has 0 bridgehead atoms. The van der Waals surface area contributed by atoms with Crippen molar-refractivity contribution in [1.29, 1.82) is 0 Å². The largest absolute Gasteiger partial charge is 0.481 e. The van der Waals surface area contributed by atoms with Crippen molar-refractivity contribution in [3.05, 3.63) is 0 Å². The standard InChI is InChI=1S/C13H26O4.C12H24O4/c1-6-8-9-11(12(14)15)10(3)16-17-13(4,5)7-2;1-6-8-9-10(7-2)11(13)14-16-15-12(3,4)5/h10-11H,6-9H2,1-5H3,(H,14,15);10H,6-9H2,1-5H3. The molecule has 198 valence electrons. The minimum atomic E-state index is -0.816. The Kier molecular flexibility index (Phi) is 18.7. The summed E-state index contributed by atoms with van der Waals surface area (Å²) in [7, 11) is 0. The quantitative estimate of drug-likeness (QED) is 0.191. The summed E-state index contributed by atoms with van der Waals surface area (Å²) in [5, 5.41) is 13.6. The SMILES string of the molecule is CCCCC(C(=O)O)C(C)OOC(C)(C)CC.CCCCC(CC)C(=O)OOOC(C)(C)C. The second kappa shape index (κ2) is 18.2. The highest BCUT2D eigenvalue weighted by molar-refractivity contribution is 5.71. The molecule has 1 N–H and O–H groups in total. The van der Waals surface area contributed by atoms with Crippen LogP contribution in [0.25, 0.3) is 0 Å². The Hall–Kier alpha value is -1.22. The average molecular weight is 479 g/mol. The first kappa shape index (κ1) is 34.0. The van der Waals surface area contributed by atoms with Crippen LogP contribution in [0.5, 0.6) is 0 Å². The zero-order valence-electron chi connectivity index (χ0n) is 22.7. The molecule has 0 aliphatic rings. The van der Waals surface area contributed by atoms with Crippen LogP contribution in [0.3, 0.4) is 0 Å². The topological polar surface area (TPSA) is 101 Å². The normalized spacial score (nSPS) is 14.6. The molecular formula is C25H50O8. The molecule has 0 aromatic rings. The molecule has 0 amide bonds. The number of carbonyl (C=O) groups excluding carboxylic acids is 1. The maximum atomic E-state index is 11.5. The molecule has 0 heterocycles. The molecule has 0 aliphatic carbocycles. The Morgan fingerprint density at radius 3 is 1.85 bits per heavy atom. The number of rotatable bonds is 16. The molecule has 0 radical (unpaired) electrons. The number of hydrogen-bond donors (Lipinski definition) is 1. The minimum absolute atomic E-state index is 0.0940.